The number of benzene rings is 1. The molecule has 0 bridgehead atoms. The molecular formula is C31H45N5O. The van der Waals surface area contributed by atoms with E-state index in [0.717, 1.165) is 58.2 Å². The molecule has 1 aromatic heterocycles. The molecular weight excluding hydrogens is 458 g/mol. The van der Waals surface area contributed by atoms with Crippen LogP contribution in [0.1, 0.15) is 72.6 Å². The third-order valence-electron chi connectivity index (χ3n) is 9.06. The summed E-state index contributed by atoms with van der Waals surface area (Å²) in [7, 11) is 0. The lowest BCUT2D eigenvalue weighted by atomic mass is 9.89. The van der Waals surface area contributed by atoms with Crippen LogP contribution in [-0.4, -0.2) is 57.0 Å². The van der Waals surface area contributed by atoms with Gasteiger partial charge in [0.2, 0.25) is 0 Å². The van der Waals surface area contributed by atoms with Crippen molar-refractivity contribution in [1.82, 2.24) is 20.9 Å². The van der Waals surface area contributed by atoms with E-state index < -0.39 is 0 Å². The number of pyridine rings is 1. The van der Waals surface area contributed by atoms with Crippen LogP contribution >= 0.6 is 0 Å². The summed E-state index contributed by atoms with van der Waals surface area (Å²) in [4.78, 5) is 7.81. The summed E-state index contributed by atoms with van der Waals surface area (Å²) in [5.41, 5.74) is 8.43. The topological polar surface area (TPSA) is 61.5 Å². The van der Waals surface area contributed by atoms with Crippen molar-refractivity contribution >= 4 is 5.69 Å². The average Bonchev–Trinajstić information content (AvgIpc) is 2.96. The van der Waals surface area contributed by atoms with Gasteiger partial charge in [0.1, 0.15) is 0 Å². The molecule has 1 unspecified atom stereocenters. The highest BCUT2D eigenvalue weighted by Gasteiger charge is 2.26. The molecule has 0 spiro atoms. The average molecular weight is 504 g/mol. The lowest BCUT2D eigenvalue weighted by Crippen LogP contribution is -2.41. The Morgan fingerprint density at radius 3 is 2.81 bits per heavy atom. The van der Waals surface area contributed by atoms with Crippen molar-refractivity contribution in [2.75, 3.05) is 50.8 Å². The second-order valence-corrected chi connectivity index (χ2v) is 11.6. The van der Waals surface area contributed by atoms with Crippen molar-refractivity contribution in [3.8, 4) is 0 Å². The van der Waals surface area contributed by atoms with Crippen LogP contribution in [0.2, 0.25) is 0 Å². The van der Waals surface area contributed by atoms with E-state index in [4.69, 9.17) is 9.72 Å². The van der Waals surface area contributed by atoms with Gasteiger partial charge in [-0.1, -0.05) is 18.2 Å². The number of ether oxygens (including phenoxy) is 1. The number of hydrogen-bond donors (Lipinski definition) is 3. The van der Waals surface area contributed by atoms with Crippen LogP contribution in [0.3, 0.4) is 0 Å². The predicted molar refractivity (Wildman–Crippen MR) is 150 cm³/mol. The van der Waals surface area contributed by atoms with E-state index in [9.17, 15) is 0 Å². The van der Waals surface area contributed by atoms with Gasteiger partial charge in [0, 0.05) is 49.5 Å². The molecule has 0 saturated carbocycles. The Morgan fingerprint density at radius 2 is 1.92 bits per heavy atom. The van der Waals surface area contributed by atoms with Crippen LogP contribution in [0.4, 0.5) is 5.69 Å². The Kier molecular flexibility index (Phi) is 8.37. The maximum absolute atomic E-state index is 5.61. The Hall–Kier alpha value is -1.99. The molecule has 2 atom stereocenters. The minimum Gasteiger partial charge on any atom is -0.378 e. The van der Waals surface area contributed by atoms with Gasteiger partial charge >= 0.3 is 0 Å². The molecule has 3 N–H and O–H groups in total. The molecule has 4 heterocycles. The summed E-state index contributed by atoms with van der Waals surface area (Å²) < 4.78 is 5.61. The van der Waals surface area contributed by atoms with E-state index in [2.05, 4.69) is 51.2 Å². The molecule has 1 aromatic carbocycles. The van der Waals surface area contributed by atoms with E-state index in [1.807, 2.05) is 0 Å². The van der Waals surface area contributed by atoms with Crippen molar-refractivity contribution in [1.29, 1.82) is 0 Å². The highest BCUT2D eigenvalue weighted by molar-refractivity contribution is 5.58. The van der Waals surface area contributed by atoms with Gasteiger partial charge in [0.25, 0.3) is 0 Å². The number of aryl methyl sites for hydroxylation is 1. The molecule has 6 rings (SSSR count). The zero-order valence-corrected chi connectivity index (χ0v) is 22.4. The van der Waals surface area contributed by atoms with Crippen LogP contribution in [-0.2, 0) is 30.5 Å². The van der Waals surface area contributed by atoms with Crippen LogP contribution in [0.15, 0.2) is 30.3 Å². The first-order chi connectivity index (χ1) is 18.3. The van der Waals surface area contributed by atoms with Crippen molar-refractivity contribution in [3.05, 3.63) is 58.4 Å². The number of anilines is 1. The second-order valence-electron chi connectivity index (χ2n) is 11.6. The smallest absolute Gasteiger partial charge is 0.0642 e. The van der Waals surface area contributed by atoms with E-state index in [1.165, 1.54) is 91.8 Å². The molecule has 6 heteroatoms. The van der Waals surface area contributed by atoms with Gasteiger partial charge in [-0.15, -0.1) is 0 Å². The van der Waals surface area contributed by atoms with Gasteiger partial charge < -0.3 is 25.6 Å². The quantitative estimate of drug-likeness (QED) is 0.475. The summed E-state index contributed by atoms with van der Waals surface area (Å²) in [6, 6.07) is 12.3. The lowest BCUT2D eigenvalue weighted by molar-refractivity contribution is 0.122. The van der Waals surface area contributed by atoms with Crippen LogP contribution in [0, 0.1) is 5.92 Å². The Bertz CT molecular complexity index is 1030. The van der Waals surface area contributed by atoms with Gasteiger partial charge in [-0.25, -0.2) is 0 Å². The first-order valence-corrected chi connectivity index (χ1v) is 14.9. The first kappa shape index (κ1) is 25.3. The Morgan fingerprint density at radius 1 is 1.03 bits per heavy atom. The standard InChI is InChI=1S/C31H45N5O/c1-5-24-9-10-26(35-31(24)29(7-1)33-13-3-4-23-11-14-32-15-12-23)20-27-21-28-25(22-34-27)6-2-8-30(28)36-16-18-37-19-17-36/h2,6,8-10,23,27,29,32-34H,1,3-5,7,11-22H2/t27-,29?/m0/s1. The number of morpholine rings is 1. The fraction of sp³-hybridized carbons (Fsp3) is 0.645. The molecule has 2 fully saturated rings. The molecule has 4 aliphatic rings. The first-order valence-electron chi connectivity index (χ1n) is 14.9. The third-order valence-corrected chi connectivity index (χ3v) is 9.06. The van der Waals surface area contributed by atoms with Crippen molar-refractivity contribution in [2.24, 2.45) is 5.92 Å². The van der Waals surface area contributed by atoms with Gasteiger partial charge in [-0.2, -0.15) is 0 Å². The number of fused-ring (bicyclic) bond motifs is 2. The monoisotopic (exact) mass is 503 g/mol. The van der Waals surface area contributed by atoms with Gasteiger partial charge in [-0.05, 0) is 106 Å². The zero-order chi connectivity index (χ0) is 24.9. The van der Waals surface area contributed by atoms with Crippen molar-refractivity contribution in [2.45, 2.75) is 76.4 Å². The number of piperidine rings is 1. The summed E-state index contributed by atoms with van der Waals surface area (Å²) >= 11 is 0. The third kappa shape index (κ3) is 6.19. The number of aromatic nitrogens is 1. The molecule has 0 radical (unpaired) electrons. The van der Waals surface area contributed by atoms with E-state index in [1.54, 1.807) is 0 Å². The highest BCUT2D eigenvalue weighted by Crippen LogP contribution is 2.31. The number of hydrogen-bond acceptors (Lipinski definition) is 6. The summed E-state index contributed by atoms with van der Waals surface area (Å²) in [6.45, 7) is 8.12. The minimum atomic E-state index is 0.421. The molecule has 200 valence electrons. The fourth-order valence-corrected chi connectivity index (χ4v) is 6.93. The molecule has 37 heavy (non-hydrogen) atoms. The summed E-state index contributed by atoms with van der Waals surface area (Å²) in [5, 5.41) is 11.2. The minimum absolute atomic E-state index is 0.421. The number of nitrogens with zero attached hydrogens (tertiary/aromatic N) is 2. The molecule has 1 aliphatic carbocycles. The highest BCUT2D eigenvalue weighted by atomic mass is 16.5. The number of rotatable bonds is 8. The van der Waals surface area contributed by atoms with Crippen molar-refractivity contribution in [3.63, 3.8) is 0 Å². The Balaban J connectivity index is 1.08. The maximum Gasteiger partial charge on any atom is 0.0642 e. The van der Waals surface area contributed by atoms with Crippen LogP contribution < -0.4 is 20.9 Å². The molecule has 2 aromatic rings. The summed E-state index contributed by atoms with van der Waals surface area (Å²) in [6.07, 6.45) is 11.1. The van der Waals surface area contributed by atoms with E-state index in [0.29, 0.717) is 12.1 Å². The molecule has 6 nitrogen and oxygen atoms in total. The molecule has 0 amide bonds. The SMILES string of the molecule is c1cc2c(c(N3CCOCC3)c1)C[C@H](Cc1ccc3c(n1)C(NCCCC1CCNCC1)CCC3)NC2. The maximum atomic E-state index is 5.61. The van der Waals surface area contributed by atoms with Gasteiger partial charge in [-0.3, -0.25) is 4.98 Å². The lowest BCUT2D eigenvalue weighted by Gasteiger charge is -2.35. The molecule has 2 saturated heterocycles. The van der Waals surface area contributed by atoms with E-state index >= 15 is 0 Å². The largest absolute Gasteiger partial charge is 0.378 e. The normalized spacial score (nSPS) is 24.5. The second kappa shape index (κ2) is 12.2. The number of nitrogens with one attached hydrogen (secondary N) is 3. The zero-order valence-electron chi connectivity index (χ0n) is 22.4. The Labute approximate surface area is 223 Å². The van der Waals surface area contributed by atoms with Crippen LogP contribution in [0.25, 0.3) is 0 Å². The predicted octanol–water partition coefficient (Wildman–Crippen LogP) is 3.92. The van der Waals surface area contributed by atoms with Gasteiger partial charge in [0.05, 0.1) is 18.9 Å². The molecule has 3 aliphatic heterocycles. The van der Waals surface area contributed by atoms with Gasteiger partial charge in [0.15, 0.2) is 0 Å². The van der Waals surface area contributed by atoms with Crippen LogP contribution in [0.5, 0.6) is 0 Å². The van der Waals surface area contributed by atoms with Crippen molar-refractivity contribution < 1.29 is 4.74 Å². The van der Waals surface area contributed by atoms with E-state index in [-0.39, 0.29) is 0 Å². The fourth-order valence-electron chi connectivity index (χ4n) is 6.93. The summed E-state index contributed by atoms with van der Waals surface area (Å²) in [5.74, 6) is 0.920.